The van der Waals surface area contributed by atoms with Crippen LogP contribution in [0, 0.1) is 0 Å². The quantitative estimate of drug-likeness (QED) is 0.734. The molecule has 0 fully saturated rings. The minimum atomic E-state index is -0.151. The lowest BCUT2D eigenvalue weighted by Gasteiger charge is -2.16. The minimum absolute atomic E-state index is 0.0720. The number of carbonyl (C=O) groups excluding carboxylic acids is 1. The normalized spacial score (nSPS) is 12.2. The molecule has 4 nitrogen and oxygen atoms in total. The van der Waals surface area contributed by atoms with Gasteiger partial charge in [0.15, 0.2) is 0 Å². The molecule has 0 unspecified atom stereocenters. The Morgan fingerprint density at radius 1 is 1.12 bits per heavy atom. The van der Waals surface area contributed by atoms with Crippen LogP contribution in [0.1, 0.15) is 48.9 Å². The third kappa shape index (κ3) is 3.32. The molecule has 0 saturated heterocycles. The molecule has 1 amide bonds. The topological polar surface area (TPSA) is 46.9 Å². The van der Waals surface area contributed by atoms with E-state index in [0.717, 1.165) is 36.2 Å². The standard InChI is InChI=1S/C20H23N3O/c1-3-4-14-23-18-13-9-8-12-17(18)22-19(23)15(2)21-20(24)16-10-6-5-7-11-16/h5-13,15H,3-4,14H2,1-2H3,(H,21,24)/t15-/m1/s1. The Labute approximate surface area is 142 Å². The van der Waals surface area contributed by atoms with Gasteiger partial charge in [-0.15, -0.1) is 0 Å². The molecule has 0 aliphatic carbocycles. The molecular formula is C20H23N3O. The summed E-state index contributed by atoms with van der Waals surface area (Å²) in [5, 5.41) is 3.07. The van der Waals surface area contributed by atoms with E-state index < -0.39 is 0 Å². The second-order valence-corrected chi connectivity index (χ2v) is 6.03. The van der Waals surface area contributed by atoms with E-state index in [2.05, 4.69) is 22.9 Å². The average molecular weight is 321 g/mol. The molecule has 0 aliphatic heterocycles. The van der Waals surface area contributed by atoms with Gasteiger partial charge in [0, 0.05) is 12.1 Å². The molecule has 0 aliphatic rings. The van der Waals surface area contributed by atoms with Crippen molar-refractivity contribution in [3.63, 3.8) is 0 Å². The number of nitrogens with zero attached hydrogens (tertiary/aromatic N) is 2. The first kappa shape index (κ1) is 16.2. The van der Waals surface area contributed by atoms with Crippen molar-refractivity contribution in [1.82, 2.24) is 14.9 Å². The van der Waals surface area contributed by atoms with Crippen molar-refractivity contribution in [2.75, 3.05) is 0 Å². The Balaban J connectivity index is 1.88. The number of hydrogen-bond donors (Lipinski definition) is 1. The highest BCUT2D eigenvalue weighted by Crippen LogP contribution is 2.22. The second-order valence-electron chi connectivity index (χ2n) is 6.03. The molecule has 0 spiro atoms. The van der Waals surface area contributed by atoms with E-state index in [4.69, 9.17) is 4.98 Å². The van der Waals surface area contributed by atoms with Gasteiger partial charge in [-0.05, 0) is 37.6 Å². The van der Waals surface area contributed by atoms with E-state index in [1.54, 1.807) is 0 Å². The van der Waals surface area contributed by atoms with Gasteiger partial charge in [0.05, 0.1) is 17.1 Å². The van der Waals surface area contributed by atoms with Crippen molar-refractivity contribution in [3.05, 3.63) is 66.0 Å². The van der Waals surface area contributed by atoms with Gasteiger partial charge in [0.2, 0.25) is 0 Å². The number of aryl methyl sites for hydroxylation is 1. The van der Waals surface area contributed by atoms with Gasteiger partial charge >= 0.3 is 0 Å². The summed E-state index contributed by atoms with van der Waals surface area (Å²) in [4.78, 5) is 17.2. The number of rotatable bonds is 6. The molecule has 124 valence electrons. The lowest BCUT2D eigenvalue weighted by atomic mass is 10.2. The molecule has 4 heteroatoms. The maximum Gasteiger partial charge on any atom is 0.251 e. The maximum absolute atomic E-state index is 12.4. The SMILES string of the molecule is CCCCn1c([C@@H](C)NC(=O)c2ccccc2)nc2ccccc21. The van der Waals surface area contributed by atoms with E-state index >= 15 is 0 Å². The molecular weight excluding hydrogens is 298 g/mol. The number of aromatic nitrogens is 2. The Kier molecular flexibility index (Phi) is 4.94. The largest absolute Gasteiger partial charge is 0.342 e. The van der Waals surface area contributed by atoms with Crippen LogP contribution in [0.25, 0.3) is 11.0 Å². The summed E-state index contributed by atoms with van der Waals surface area (Å²) in [6, 6.07) is 17.3. The third-order valence-electron chi connectivity index (χ3n) is 4.19. The van der Waals surface area contributed by atoms with Crippen molar-refractivity contribution >= 4 is 16.9 Å². The molecule has 0 radical (unpaired) electrons. The van der Waals surface area contributed by atoms with Crippen molar-refractivity contribution in [3.8, 4) is 0 Å². The number of unbranched alkanes of at least 4 members (excludes halogenated alkanes) is 1. The van der Waals surface area contributed by atoms with E-state index in [1.165, 1.54) is 0 Å². The van der Waals surface area contributed by atoms with Gasteiger partial charge in [0.25, 0.3) is 5.91 Å². The predicted molar refractivity (Wildman–Crippen MR) is 97.0 cm³/mol. The fourth-order valence-corrected chi connectivity index (χ4v) is 2.91. The van der Waals surface area contributed by atoms with Crippen LogP contribution in [-0.2, 0) is 6.54 Å². The molecule has 1 atom stereocenters. The summed E-state index contributed by atoms with van der Waals surface area (Å²) in [5.74, 6) is 0.839. The van der Waals surface area contributed by atoms with Gasteiger partial charge < -0.3 is 9.88 Å². The summed E-state index contributed by atoms with van der Waals surface area (Å²) in [7, 11) is 0. The molecule has 3 rings (SSSR count). The minimum Gasteiger partial charge on any atom is -0.342 e. The molecule has 1 aromatic heterocycles. The highest BCUT2D eigenvalue weighted by molar-refractivity contribution is 5.94. The Morgan fingerprint density at radius 3 is 2.58 bits per heavy atom. The summed E-state index contributed by atoms with van der Waals surface area (Å²) in [6.45, 7) is 5.09. The van der Waals surface area contributed by atoms with Crippen molar-refractivity contribution in [2.45, 2.75) is 39.3 Å². The van der Waals surface area contributed by atoms with Crippen LogP contribution >= 0.6 is 0 Å². The van der Waals surface area contributed by atoms with Crippen LogP contribution in [-0.4, -0.2) is 15.5 Å². The van der Waals surface area contributed by atoms with E-state index in [0.29, 0.717) is 5.56 Å². The number of carbonyl (C=O) groups is 1. The highest BCUT2D eigenvalue weighted by atomic mass is 16.1. The Hall–Kier alpha value is -2.62. The molecule has 2 aromatic carbocycles. The van der Waals surface area contributed by atoms with E-state index in [9.17, 15) is 4.79 Å². The molecule has 1 N–H and O–H groups in total. The van der Waals surface area contributed by atoms with Crippen LogP contribution in [0.2, 0.25) is 0 Å². The van der Waals surface area contributed by atoms with Gasteiger partial charge in [0.1, 0.15) is 5.82 Å². The Morgan fingerprint density at radius 2 is 1.83 bits per heavy atom. The number of benzene rings is 2. The van der Waals surface area contributed by atoms with Crippen LogP contribution in [0.15, 0.2) is 54.6 Å². The number of imidazole rings is 1. The van der Waals surface area contributed by atoms with Crippen LogP contribution < -0.4 is 5.32 Å². The lowest BCUT2D eigenvalue weighted by Crippen LogP contribution is -2.28. The van der Waals surface area contributed by atoms with Crippen LogP contribution in [0.3, 0.4) is 0 Å². The van der Waals surface area contributed by atoms with Gasteiger partial charge in [-0.1, -0.05) is 43.7 Å². The molecule has 1 heterocycles. The van der Waals surface area contributed by atoms with Gasteiger partial charge in [-0.2, -0.15) is 0 Å². The maximum atomic E-state index is 12.4. The first-order valence-corrected chi connectivity index (χ1v) is 8.51. The second kappa shape index (κ2) is 7.30. The van der Waals surface area contributed by atoms with E-state index in [1.807, 2.05) is 55.5 Å². The lowest BCUT2D eigenvalue weighted by molar-refractivity contribution is 0.0937. The smallest absolute Gasteiger partial charge is 0.251 e. The number of nitrogens with one attached hydrogen (secondary N) is 1. The summed E-state index contributed by atoms with van der Waals surface area (Å²) in [6.07, 6.45) is 2.21. The van der Waals surface area contributed by atoms with Crippen LogP contribution in [0.5, 0.6) is 0 Å². The fraction of sp³-hybridized carbons (Fsp3) is 0.300. The summed E-state index contributed by atoms with van der Waals surface area (Å²) < 4.78 is 2.23. The predicted octanol–water partition coefficient (Wildman–Crippen LogP) is 4.33. The number of hydrogen-bond acceptors (Lipinski definition) is 2. The van der Waals surface area contributed by atoms with Crippen molar-refractivity contribution < 1.29 is 4.79 Å². The number of para-hydroxylation sites is 2. The van der Waals surface area contributed by atoms with Crippen LogP contribution in [0.4, 0.5) is 0 Å². The van der Waals surface area contributed by atoms with E-state index in [-0.39, 0.29) is 11.9 Å². The monoisotopic (exact) mass is 321 g/mol. The summed E-state index contributed by atoms with van der Waals surface area (Å²) in [5.41, 5.74) is 2.77. The zero-order chi connectivity index (χ0) is 16.9. The molecule has 0 saturated carbocycles. The molecule has 0 bridgehead atoms. The molecule has 24 heavy (non-hydrogen) atoms. The zero-order valence-corrected chi connectivity index (χ0v) is 14.2. The fourth-order valence-electron chi connectivity index (χ4n) is 2.91. The highest BCUT2D eigenvalue weighted by Gasteiger charge is 2.18. The first-order chi connectivity index (χ1) is 11.7. The number of amides is 1. The zero-order valence-electron chi connectivity index (χ0n) is 14.2. The first-order valence-electron chi connectivity index (χ1n) is 8.51. The molecule has 3 aromatic rings. The third-order valence-corrected chi connectivity index (χ3v) is 4.19. The average Bonchev–Trinajstić information content (AvgIpc) is 2.99. The summed E-state index contributed by atoms with van der Waals surface area (Å²) >= 11 is 0. The van der Waals surface area contributed by atoms with Crippen molar-refractivity contribution in [2.24, 2.45) is 0 Å². The van der Waals surface area contributed by atoms with Crippen molar-refractivity contribution in [1.29, 1.82) is 0 Å². The van der Waals surface area contributed by atoms with Gasteiger partial charge in [-0.3, -0.25) is 4.79 Å². The number of fused-ring (bicyclic) bond motifs is 1. The van der Waals surface area contributed by atoms with Gasteiger partial charge in [-0.25, -0.2) is 4.98 Å². The Bertz CT molecular complexity index is 823.